The summed E-state index contributed by atoms with van der Waals surface area (Å²) in [4.78, 5) is 18.2. The van der Waals surface area contributed by atoms with E-state index in [1.54, 1.807) is 24.3 Å². The van der Waals surface area contributed by atoms with E-state index in [0.717, 1.165) is 5.56 Å². The molecule has 2 heterocycles. The molecule has 1 aliphatic heterocycles. The molecule has 3 aromatic rings. The van der Waals surface area contributed by atoms with Crippen LogP contribution in [0.1, 0.15) is 23.8 Å². The van der Waals surface area contributed by atoms with Gasteiger partial charge in [0.25, 0.3) is 0 Å². The smallest absolute Gasteiger partial charge is 0.232 e. The van der Waals surface area contributed by atoms with Crippen molar-refractivity contribution >= 4 is 27.5 Å². The Labute approximate surface area is 162 Å². The molecule has 8 heteroatoms. The molecule has 5 nitrogen and oxygen atoms in total. The Bertz CT molecular complexity index is 1040. The first-order valence-corrected chi connectivity index (χ1v) is 9.07. The van der Waals surface area contributed by atoms with Crippen LogP contribution in [-0.4, -0.2) is 22.6 Å². The summed E-state index contributed by atoms with van der Waals surface area (Å²) >= 11 is 3.12. The van der Waals surface area contributed by atoms with E-state index in [1.807, 2.05) is 6.92 Å². The highest BCUT2D eigenvalue weighted by molar-refractivity contribution is 9.10. The van der Waals surface area contributed by atoms with Crippen LogP contribution < -0.4 is 4.90 Å². The number of rotatable bonds is 3. The van der Waals surface area contributed by atoms with E-state index in [-0.39, 0.29) is 36.3 Å². The molecule has 0 N–H and O–H groups in total. The Morgan fingerprint density at radius 3 is 2.74 bits per heavy atom. The number of nitrogens with zero attached hydrogens (tertiary/aromatic N) is 3. The second kappa shape index (κ2) is 6.84. The largest absolute Gasteiger partial charge is 0.339 e. The summed E-state index contributed by atoms with van der Waals surface area (Å²) in [6.45, 7) is 2.10. The Morgan fingerprint density at radius 2 is 1.96 bits per heavy atom. The Morgan fingerprint density at radius 1 is 1.19 bits per heavy atom. The first kappa shape index (κ1) is 17.8. The zero-order chi connectivity index (χ0) is 19.1. The fourth-order valence-corrected chi connectivity index (χ4v) is 3.47. The quantitative estimate of drug-likeness (QED) is 0.605. The third kappa shape index (κ3) is 3.37. The van der Waals surface area contributed by atoms with Crippen LogP contribution >= 0.6 is 15.9 Å². The monoisotopic (exact) mass is 433 g/mol. The molecule has 1 saturated heterocycles. The van der Waals surface area contributed by atoms with Gasteiger partial charge in [-0.3, -0.25) is 4.79 Å². The number of aromatic nitrogens is 2. The van der Waals surface area contributed by atoms with Crippen molar-refractivity contribution in [3.05, 3.63) is 64.0 Å². The number of carbonyl (C=O) groups is 1. The van der Waals surface area contributed by atoms with Crippen molar-refractivity contribution in [2.24, 2.45) is 0 Å². The molecule has 1 aliphatic rings. The molecule has 1 amide bonds. The van der Waals surface area contributed by atoms with Gasteiger partial charge < -0.3 is 9.42 Å². The number of aryl methyl sites for hydroxylation is 1. The van der Waals surface area contributed by atoms with Gasteiger partial charge in [0, 0.05) is 18.5 Å². The normalized spacial score (nSPS) is 17.0. The Hall–Kier alpha value is -2.61. The molecule has 0 bridgehead atoms. The molecule has 0 aliphatic carbocycles. The van der Waals surface area contributed by atoms with Crippen LogP contribution in [0.4, 0.5) is 14.5 Å². The van der Waals surface area contributed by atoms with Crippen molar-refractivity contribution in [1.29, 1.82) is 0 Å². The topological polar surface area (TPSA) is 59.2 Å². The lowest BCUT2D eigenvalue weighted by atomic mass is 10.1. The van der Waals surface area contributed by atoms with E-state index in [0.29, 0.717) is 21.8 Å². The minimum atomic E-state index is -0.447. The SMILES string of the molecule is Cc1ccc(F)c(N2CC(c3nc(-c4ccc(F)c(Br)c4)no3)CC2=O)c1. The van der Waals surface area contributed by atoms with E-state index in [1.165, 1.54) is 17.0 Å². The van der Waals surface area contributed by atoms with Gasteiger partial charge in [0.05, 0.1) is 16.1 Å². The maximum atomic E-state index is 14.1. The minimum Gasteiger partial charge on any atom is -0.339 e. The molecule has 1 aromatic heterocycles. The molecule has 138 valence electrons. The fourth-order valence-electron chi connectivity index (χ4n) is 3.09. The van der Waals surface area contributed by atoms with Crippen LogP contribution in [0.2, 0.25) is 0 Å². The Balaban J connectivity index is 1.58. The van der Waals surface area contributed by atoms with Gasteiger partial charge in [0.15, 0.2) is 0 Å². The van der Waals surface area contributed by atoms with E-state index < -0.39 is 5.82 Å². The van der Waals surface area contributed by atoms with Crippen molar-refractivity contribution in [2.75, 3.05) is 11.4 Å². The standard InChI is InChI=1S/C19H14BrF2N3O2/c1-10-2-4-15(22)16(6-10)25-9-12(8-17(25)26)19-23-18(24-27-19)11-3-5-14(21)13(20)7-11/h2-7,12H,8-9H2,1H3. The van der Waals surface area contributed by atoms with E-state index in [9.17, 15) is 13.6 Å². The number of carbonyl (C=O) groups excluding carboxylic acids is 1. The predicted molar refractivity (Wildman–Crippen MR) is 98.2 cm³/mol. The van der Waals surface area contributed by atoms with Gasteiger partial charge in [-0.15, -0.1) is 0 Å². The third-order valence-corrected chi connectivity index (χ3v) is 5.09. The van der Waals surface area contributed by atoms with E-state index in [4.69, 9.17) is 4.52 Å². The van der Waals surface area contributed by atoms with Gasteiger partial charge in [-0.05, 0) is 58.7 Å². The van der Waals surface area contributed by atoms with Crippen molar-refractivity contribution in [3.8, 4) is 11.4 Å². The third-order valence-electron chi connectivity index (χ3n) is 4.49. The molecule has 2 aromatic carbocycles. The van der Waals surface area contributed by atoms with Crippen molar-refractivity contribution in [2.45, 2.75) is 19.3 Å². The van der Waals surface area contributed by atoms with Gasteiger partial charge in [0.2, 0.25) is 17.6 Å². The number of hydrogen-bond acceptors (Lipinski definition) is 4. The number of anilines is 1. The van der Waals surface area contributed by atoms with Crippen LogP contribution in [0.25, 0.3) is 11.4 Å². The summed E-state index contributed by atoms with van der Waals surface area (Å²) in [6, 6.07) is 9.05. The first-order valence-electron chi connectivity index (χ1n) is 8.28. The number of amides is 1. The lowest BCUT2D eigenvalue weighted by Crippen LogP contribution is -2.25. The average Bonchev–Trinajstić information content (AvgIpc) is 3.26. The second-order valence-corrected chi connectivity index (χ2v) is 7.30. The second-order valence-electron chi connectivity index (χ2n) is 6.45. The van der Waals surface area contributed by atoms with Crippen LogP contribution in [0, 0.1) is 18.6 Å². The van der Waals surface area contributed by atoms with Crippen LogP contribution in [0.5, 0.6) is 0 Å². The van der Waals surface area contributed by atoms with Crippen LogP contribution in [0.15, 0.2) is 45.4 Å². The maximum absolute atomic E-state index is 14.1. The average molecular weight is 434 g/mol. The zero-order valence-corrected chi connectivity index (χ0v) is 15.8. The number of halogens is 3. The first-order chi connectivity index (χ1) is 12.9. The summed E-state index contributed by atoms with van der Waals surface area (Å²) in [5.74, 6) is -0.763. The van der Waals surface area contributed by atoms with E-state index in [2.05, 4.69) is 26.1 Å². The van der Waals surface area contributed by atoms with Gasteiger partial charge in [-0.25, -0.2) is 8.78 Å². The maximum Gasteiger partial charge on any atom is 0.232 e. The summed E-state index contributed by atoms with van der Waals surface area (Å²) < 4.78 is 33.1. The highest BCUT2D eigenvalue weighted by atomic mass is 79.9. The van der Waals surface area contributed by atoms with E-state index >= 15 is 0 Å². The van der Waals surface area contributed by atoms with Gasteiger partial charge in [-0.2, -0.15) is 4.98 Å². The highest BCUT2D eigenvalue weighted by Gasteiger charge is 2.36. The minimum absolute atomic E-state index is 0.155. The van der Waals surface area contributed by atoms with Gasteiger partial charge in [-0.1, -0.05) is 11.2 Å². The lowest BCUT2D eigenvalue weighted by Gasteiger charge is -2.17. The molecule has 1 fully saturated rings. The molecule has 27 heavy (non-hydrogen) atoms. The zero-order valence-electron chi connectivity index (χ0n) is 14.2. The van der Waals surface area contributed by atoms with Crippen LogP contribution in [-0.2, 0) is 4.79 Å². The summed E-state index contributed by atoms with van der Waals surface area (Å²) in [7, 11) is 0. The Kier molecular flexibility index (Phi) is 4.51. The van der Waals surface area contributed by atoms with Crippen LogP contribution in [0.3, 0.4) is 0 Å². The summed E-state index contributed by atoms with van der Waals surface area (Å²) in [5.41, 5.74) is 1.71. The van der Waals surface area contributed by atoms with Crippen molar-refractivity contribution in [3.63, 3.8) is 0 Å². The molecular weight excluding hydrogens is 420 g/mol. The summed E-state index contributed by atoms with van der Waals surface area (Å²) in [6.07, 6.45) is 0.155. The van der Waals surface area contributed by atoms with Crippen molar-refractivity contribution < 1.29 is 18.1 Å². The molecule has 0 saturated carbocycles. The molecule has 4 rings (SSSR count). The molecule has 0 radical (unpaired) electrons. The molecular formula is C19H14BrF2N3O2. The predicted octanol–water partition coefficient (Wildman–Crippen LogP) is 4.61. The lowest BCUT2D eigenvalue weighted by molar-refractivity contribution is -0.117. The molecule has 0 spiro atoms. The number of benzene rings is 2. The van der Waals surface area contributed by atoms with Gasteiger partial charge in [0.1, 0.15) is 11.6 Å². The van der Waals surface area contributed by atoms with Gasteiger partial charge >= 0.3 is 0 Å². The van der Waals surface area contributed by atoms with Crippen molar-refractivity contribution in [1.82, 2.24) is 10.1 Å². The highest BCUT2D eigenvalue weighted by Crippen LogP contribution is 2.34. The molecule has 1 atom stereocenters. The number of hydrogen-bond donors (Lipinski definition) is 0. The fraction of sp³-hybridized carbons (Fsp3) is 0.211. The summed E-state index contributed by atoms with van der Waals surface area (Å²) in [5, 5.41) is 3.92. The molecule has 1 unspecified atom stereocenters.